The lowest BCUT2D eigenvalue weighted by Crippen LogP contribution is -2.39. The Morgan fingerprint density at radius 3 is 2.58 bits per heavy atom. The average molecular weight is 370 g/mol. The molecule has 1 fully saturated rings. The Bertz CT molecular complexity index is 920. The van der Waals surface area contributed by atoms with E-state index in [1.165, 1.54) is 17.5 Å². The van der Waals surface area contributed by atoms with Gasteiger partial charge in [0, 0.05) is 31.7 Å². The van der Waals surface area contributed by atoms with E-state index in [0.717, 1.165) is 23.4 Å². The Labute approximate surface area is 154 Å². The monoisotopic (exact) mass is 370 g/mol. The molecule has 0 unspecified atom stereocenters. The third-order valence-electron chi connectivity index (χ3n) is 4.70. The molecule has 26 heavy (non-hydrogen) atoms. The van der Waals surface area contributed by atoms with Crippen LogP contribution in [0.3, 0.4) is 0 Å². The van der Waals surface area contributed by atoms with E-state index in [0.29, 0.717) is 13.1 Å². The van der Waals surface area contributed by atoms with Crippen LogP contribution in [0.15, 0.2) is 48.4 Å². The summed E-state index contributed by atoms with van der Waals surface area (Å²) >= 11 is 1.46. The zero-order valence-corrected chi connectivity index (χ0v) is 14.8. The molecule has 7 nitrogen and oxygen atoms in total. The molecule has 0 bridgehead atoms. The number of rotatable bonds is 4. The van der Waals surface area contributed by atoms with Gasteiger partial charge < -0.3 is 14.6 Å². The summed E-state index contributed by atoms with van der Waals surface area (Å²) in [5.41, 5.74) is 1.10. The van der Waals surface area contributed by atoms with Gasteiger partial charge in [-0.3, -0.25) is 9.48 Å². The van der Waals surface area contributed by atoms with Crippen molar-refractivity contribution >= 4 is 23.2 Å². The number of hydrogen-bond acceptors (Lipinski definition) is 4. The molecule has 1 N–H and O–H groups in total. The summed E-state index contributed by atoms with van der Waals surface area (Å²) < 4.78 is 3.66. The van der Waals surface area contributed by atoms with Crippen molar-refractivity contribution < 1.29 is 14.7 Å². The zero-order valence-electron chi connectivity index (χ0n) is 14.0. The number of piperidine rings is 1. The van der Waals surface area contributed by atoms with E-state index in [9.17, 15) is 9.59 Å². The highest BCUT2D eigenvalue weighted by atomic mass is 32.1. The van der Waals surface area contributed by atoms with E-state index in [-0.39, 0.29) is 17.5 Å². The number of carboxylic acids is 1. The van der Waals surface area contributed by atoms with Gasteiger partial charge in [-0.1, -0.05) is 0 Å². The molecule has 1 aliphatic heterocycles. The molecule has 3 aromatic rings. The van der Waals surface area contributed by atoms with Crippen LogP contribution in [0.25, 0.3) is 5.69 Å². The number of aromatic nitrogens is 3. The molecule has 134 valence electrons. The summed E-state index contributed by atoms with van der Waals surface area (Å²) in [7, 11) is 0. The Balaban J connectivity index is 1.44. The molecular formula is C18H18N4O3S. The lowest BCUT2D eigenvalue weighted by atomic mass is 10.0. The maximum Gasteiger partial charge on any atom is 0.338 e. The van der Waals surface area contributed by atoms with Crippen LogP contribution in [0.2, 0.25) is 0 Å². The van der Waals surface area contributed by atoms with Crippen LogP contribution < -0.4 is 0 Å². The first-order valence-electron chi connectivity index (χ1n) is 8.41. The van der Waals surface area contributed by atoms with E-state index in [1.807, 2.05) is 45.4 Å². The number of thiophene rings is 1. The second-order valence-electron chi connectivity index (χ2n) is 6.26. The molecule has 0 spiro atoms. The lowest BCUT2D eigenvalue weighted by molar-refractivity contribution is 0.0691. The van der Waals surface area contributed by atoms with E-state index in [1.54, 1.807) is 10.9 Å². The van der Waals surface area contributed by atoms with Crippen molar-refractivity contribution in [3.05, 3.63) is 58.8 Å². The van der Waals surface area contributed by atoms with E-state index < -0.39 is 5.97 Å². The molecule has 0 aromatic carbocycles. The Morgan fingerprint density at radius 1 is 1.19 bits per heavy atom. The van der Waals surface area contributed by atoms with Crippen molar-refractivity contribution in [1.29, 1.82) is 0 Å². The number of carbonyl (C=O) groups is 2. The predicted molar refractivity (Wildman–Crippen MR) is 97.0 cm³/mol. The first-order valence-corrected chi connectivity index (χ1v) is 9.29. The maximum atomic E-state index is 12.9. The molecular weight excluding hydrogens is 352 g/mol. The molecule has 8 heteroatoms. The lowest BCUT2D eigenvalue weighted by Gasteiger charge is -2.32. The van der Waals surface area contributed by atoms with Gasteiger partial charge in [-0.2, -0.15) is 5.10 Å². The number of carbonyl (C=O) groups excluding carboxylic acids is 1. The molecule has 1 aliphatic rings. The van der Waals surface area contributed by atoms with Gasteiger partial charge in [0.2, 0.25) is 0 Å². The van der Waals surface area contributed by atoms with Gasteiger partial charge in [0.25, 0.3) is 5.91 Å². The molecule has 0 atom stereocenters. The van der Waals surface area contributed by atoms with Crippen molar-refractivity contribution in [2.24, 2.45) is 0 Å². The highest BCUT2D eigenvalue weighted by Gasteiger charge is 2.27. The quantitative estimate of drug-likeness (QED) is 0.766. The summed E-state index contributed by atoms with van der Waals surface area (Å²) in [5.74, 6) is -0.923. The number of likely N-dealkylation sites (tertiary alicyclic amines) is 1. The SMILES string of the molecule is O=C(O)c1cnn(C2CCN(C(=O)c3sccc3-n3cccc3)CC2)c1. The topological polar surface area (TPSA) is 80.4 Å². The van der Waals surface area contributed by atoms with Crippen LogP contribution in [0, 0.1) is 0 Å². The second-order valence-corrected chi connectivity index (χ2v) is 7.18. The molecule has 4 rings (SSSR count). The summed E-state index contributed by atoms with van der Waals surface area (Å²) in [4.78, 5) is 26.5. The minimum atomic E-state index is -0.973. The predicted octanol–water partition coefficient (Wildman–Crippen LogP) is 2.91. The summed E-state index contributed by atoms with van der Waals surface area (Å²) in [6, 6.07) is 5.96. The van der Waals surface area contributed by atoms with Crippen molar-refractivity contribution in [2.75, 3.05) is 13.1 Å². The second kappa shape index (κ2) is 6.80. The maximum absolute atomic E-state index is 12.9. The van der Waals surface area contributed by atoms with Crippen molar-refractivity contribution in [2.45, 2.75) is 18.9 Å². The Hall–Kier alpha value is -2.87. The summed E-state index contributed by atoms with van der Waals surface area (Å²) in [6.45, 7) is 1.27. The standard InChI is InChI=1S/C18H18N4O3S/c23-17(16-15(5-10-26-16)20-6-1-2-7-20)21-8-3-14(4-9-21)22-12-13(11-19-22)18(24)25/h1-2,5-7,10-12,14H,3-4,8-9H2,(H,24,25). The van der Waals surface area contributed by atoms with Crippen LogP contribution >= 0.6 is 11.3 Å². The van der Waals surface area contributed by atoms with Gasteiger partial charge in [0.1, 0.15) is 4.88 Å². The van der Waals surface area contributed by atoms with Gasteiger partial charge >= 0.3 is 5.97 Å². The van der Waals surface area contributed by atoms with E-state index in [4.69, 9.17) is 5.11 Å². The van der Waals surface area contributed by atoms with Gasteiger partial charge in [-0.05, 0) is 36.4 Å². The van der Waals surface area contributed by atoms with Crippen LogP contribution in [-0.4, -0.2) is 49.3 Å². The zero-order chi connectivity index (χ0) is 18.1. The van der Waals surface area contributed by atoms with Gasteiger partial charge in [-0.15, -0.1) is 11.3 Å². The average Bonchev–Trinajstić information content (AvgIpc) is 3.41. The Kier molecular flexibility index (Phi) is 4.34. The van der Waals surface area contributed by atoms with Crippen LogP contribution in [0.5, 0.6) is 0 Å². The molecule has 3 aromatic heterocycles. The van der Waals surface area contributed by atoms with Crippen LogP contribution in [0.1, 0.15) is 38.9 Å². The number of amides is 1. The first kappa shape index (κ1) is 16.6. The number of aromatic carboxylic acids is 1. The van der Waals surface area contributed by atoms with Crippen molar-refractivity contribution in [1.82, 2.24) is 19.2 Å². The van der Waals surface area contributed by atoms with Crippen molar-refractivity contribution in [3.8, 4) is 5.69 Å². The normalized spacial score (nSPS) is 15.3. The summed E-state index contributed by atoms with van der Waals surface area (Å²) in [5, 5.41) is 15.1. The van der Waals surface area contributed by atoms with Gasteiger partial charge in [0.15, 0.2) is 0 Å². The molecule has 1 amide bonds. The first-order chi connectivity index (χ1) is 12.6. The highest BCUT2D eigenvalue weighted by Crippen LogP contribution is 2.27. The Morgan fingerprint density at radius 2 is 1.92 bits per heavy atom. The summed E-state index contributed by atoms with van der Waals surface area (Å²) in [6.07, 6.45) is 8.32. The van der Waals surface area contributed by atoms with Gasteiger partial charge in [-0.25, -0.2) is 4.79 Å². The third-order valence-corrected chi connectivity index (χ3v) is 5.59. The van der Waals surface area contributed by atoms with E-state index in [2.05, 4.69) is 5.10 Å². The smallest absolute Gasteiger partial charge is 0.338 e. The molecule has 1 saturated heterocycles. The molecule has 0 saturated carbocycles. The number of hydrogen-bond donors (Lipinski definition) is 1. The highest BCUT2D eigenvalue weighted by molar-refractivity contribution is 7.12. The van der Waals surface area contributed by atoms with Crippen LogP contribution in [-0.2, 0) is 0 Å². The molecule has 0 aliphatic carbocycles. The minimum absolute atomic E-state index is 0.0499. The fourth-order valence-corrected chi connectivity index (χ4v) is 4.14. The van der Waals surface area contributed by atoms with Crippen molar-refractivity contribution in [3.63, 3.8) is 0 Å². The fourth-order valence-electron chi connectivity index (χ4n) is 3.29. The third kappa shape index (κ3) is 3.03. The number of carboxylic acid groups (broad SMARTS) is 1. The van der Waals surface area contributed by atoms with Gasteiger partial charge in [0.05, 0.1) is 23.5 Å². The van der Waals surface area contributed by atoms with Crippen LogP contribution in [0.4, 0.5) is 0 Å². The number of nitrogens with zero attached hydrogens (tertiary/aromatic N) is 4. The minimum Gasteiger partial charge on any atom is -0.478 e. The molecule has 0 radical (unpaired) electrons. The van der Waals surface area contributed by atoms with E-state index >= 15 is 0 Å². The molecule has 4 heterocycles. The fraction of sp³-hybridized carbons (Fsp3) is 0.278. The largest absolute Gasteiger partial charge is 0.478 e.